The van der Waals surface area contributed by atoms with Gasteiger partial charge in [-0.05, 0) is 60.9 Å². The van der Waals surface area contributed by atoms with E-state index in [1.54, 1.807) is 24.0 Å². The monoisotopic (exact) mass is 525 g/mol. The third-order valence-electron chi connectivity index (χ3n) is 6.43. The maximum Gasteiger partial charge on any atom is 0.416 e. The Bertz CT molecular complexity index is 1290. The van der Waals surface area contributed by atoms with Gasteiger partial charge in [-0.15, -0.1) is 0 Å². The lowest BCUT2D eigenvalue weighted by molar-refractivity contribution is -0.138. The molecule has 194 valence electrons. The molecule has 12 heteroatoms. The molecule has 1 saturated heterocycles. The number of nitrogens with zero attached hydrogens (tertiary/aromatic N) is 3. The van der Waals surface area contributed by atoms with Gasteiger partial charge >= 0.3 is 12.1 Å². The van der Waals surface area contributed by atoms with E-state index in [1.165, 1.54) is 21.3 Å². The largest absolute Gasteiger partial charge is 0.481 e. The Morgan fingerprint density at radius 1 is 0.972 bits per heavy atom. The quantitative estimate of drug-likeness (QED) is 0.622. The Morgan fingerprint density at radius 3 is 2.31 bits per heavy atom. The number of carbonyl (C=O) groups excluding carboxylic acids is 1. The van der Waals surface area contributed by atoms with Crippen molar-refractivity contribution in [3.8, 4) is 0 Å². The first-order chi connectivity index (χ1) is 16.9. The molecule has 1 N–H and O–H groups in total. The summed E-state index contributed by atoms with van der Waals surface area (Å²) in [6.45, 7) is 2.68. The number of aryl methyl sites for hydroxylation is 1. The first-order valence-corrected chi connectivity index (χ1v) is 12.9. The van der Waals surface area contributed by atoms with E-state index < -0.39 is 27.7 Å². The van der Waals surface area contributed by atoms with Crippen molar-refractivity contribution >= 4 is 33.3 Å². The number of carbonyl (C=O) groups is 2. The molecule has 1 amide bonds. The average Bonchev–Trinajstić information content (AvgIpc) is 3.25. The van der Waals surface area contributed by atoms with Gasteiger partial charge in [0.25, 0.3) is 0 Å². The molecule has 1 fully saturated rings. The lowest BCUT2D eigenvalue weighted by atomic mass is 10.1. The topological polar surface area (TPSA) is 98.2 Å². The van der Waals surface area contributed by atoms with Gasteiger partial charge < -0.3 is 14.9 Å². The van der Waals surface area contributed by atoms with Gasteiger partial charge in [0.15, 0.2) is 0 Å². The van der Waals surface area contributed by atoms with E-state index in [4.69, 9.17) is 5.11 Å². The van der Waals surface area contributed by atoms with Gasteiger partial charge in [-0.2, -0.15) is 17.5 Å². The number of sulfonamides is 1. The highest BCUT2D eigenvalue weighted by Gasteiger charge is 2.34. The van der Waals surface area contributed by atoms with Crippen LogP contribution in [0.4, 0.5) is 24.5 Å². The minimum Gasteiger partial charge on any atom is -0.481 e. The number of hydrogen-bond donors (Lipinski definition) is 1. The maximum absolute atomic E-state index is 13.3. The van der Waals surface area contributed by atoms with Crippen molar-refractivity contribution in [3.05, 3.63) is 53.1 Å². The number of fused-ring (bicyclic) bond motifs is 1. The van der Waals surface area contributed by atoms with Gasteiger partial charge in [0.2, 0.25) is 15.9 Å². The number of piperazine rings is 1. The number of anilines is 2. The molecule has 0 saturated carbocycles. The summed E-state index contributed by atoms with van der Waals surface area (Å²) in [6.07, 6.45) is -4.41. The molecule has 0 radical (unpaired) electrons. The van der Waals surface area contributed by atoms with Crippen molar-refractivity contribution in [1.29, 1.82) is 0 Å². The molecule has 4 rings (SSSR count). The second-order valence-corrected chi connectivity index (χ2v) is 10.9. The Morgan fingerprint density at radius 2 is 1.67 bits per heavy atom. The molecule has 36 heavy (non-hydrogen) atoms. The van der Waals surface area contributed by atoms with Crippen LogP contribution in [-0.4, -0.2) is 62.4 Å². The van der Waals surface area contributed by atoms with Crippen LogP contribution in [0.5, 0.6) is 0 Å². The summed E-state index contributed by atoms with van der Waals surface area (Å²) >= 11 is 0. The highest BCUT2D eigenvalue weighted by Crippen LogP contribution is 2.34. The molecule has 0 spiro atoms. The SMILES string of the molecule is Cc1cc(N2CCN(S(=O)(=O)c3ccc4c(c3)CCN4C(=O)CCC(=O)O)CC2)cc(C(F)(F)F)c1. The Kier molecular flexibility index (Phi) is 7.02. The number of rotatable bonds is 6. The van der Waals surface area contributed by atoms with Crippen molar-refractivity contribution in [2.75, 3.05) is 42.5 Å². The smallest absolute Gasteiger partial charge is 0.416 e. The lowest BCUT2D eigenvalue weighted by Gasteiger charge is -2.35. The summed E-state index contributed by atoms with van der Waals surface area (Å²) in [5.41, 5.74) is 1.42. The van der Waals surface area contributed by atoms with Gasteiger partial charge in [0.1, 0.15) is 0 Å². The summed E-state index contributed by atoms with van der Waals surface area (Å²) in [5.74, 6) is -1.39. The molecule has 2 aromatic carbocycles. The van der Waals surface area contributed by atoms with Crippen LogP contribution in [0, 0.1) is 6.92 Å². The summed E-state index contributed by atoms with van der Waals surface area (Å²) in [7, 11) is -3.84. The number of halogens is 3. The third-order valence-corrected chi connectivity index (χ3v) is 8.33. The highest BCUT2D eigenvalue weighted by molar-refractivity contribution is 7.89. The zero-order chi connectivity index (χ0) is 26.3. The first kappa shape index (κ1) is 26.0. The van der Waals surface area contributed by atoms with E-state index in [0.717, 1.165) is 12.1 Å². The molecule has 0 aromatic heterocycles. The van der Waals surface area contributed by atoms with Gasteiger partial charge in [-0.1, -0.05) is 0 Å². The fourth-order valence-electron chi connectivity index (χ4n) is 4.59. The third kappa shape index (κ3) is 5.34. The lowest BCUT2D eigenvalue weighted by Crippen LogP contribution is -2.48. The standard InChI is InChI=1S/C24H26F3N3O5S/c1-16-12-18(24(25,26)27)15-19(13-16)28-8-10-29(11-9-28)36(34,35)20-2-3-21-17(14-20)6-7-30(21)22(31)4-5-23(32)33/h2-3,12-15H,4-11H2,1H3,(H,32,33). The zero-order valence-corrected chi connectivity index (χ0v) is 20.4. The summed E-state index contributed by atoms with van der Waals surface area (Å²) in [4.78, 5) is 26.4. The number of carboxylic acid groups (broad SMARTS) is 1. The normalized spacial score (nSPS) is 16.8. The second-order valence-electron chi connectivity index (χ2n) is 8.93. The summed E-state index contributed by atoms with van der Waals surface area (Å²) < 4.78 is 67.5. The van der Waals surface area contributed by atoms with E-state index in [-0.39, 0.29) is 49.8 Å². The molecule has 0 bridgehead atoms. The summed E-state index contributed by atoms with van der Waals surface area (Å²) in [5, 5.41) is 8.80. The van der Waals surface area contributed by atoms with Crippen LogP contribution in [-0.2, 0) is 32.2 Å². The van der Waals surface area contributed by atoms with Crippen molar-refractivity contribution < 1.29 is 36.3 Å². The molecular formula is C24H26F3N3O5S. The van der Waals surface area contributed by atoms with Crippen LogP contribution in [0.15, 0.2) is 41.3 Å². The Hall–Kier alpha value is -3.12. The predicted molar refractivity (Wildman–Crippen MR) is 127 cm³/mol. The van der Waals surface area contributed by atoms with Gasteiger partial charge in [0.05, 0.1) is 16.9 Å². The van der Waals surface area contributed by atoms with Crippen LogP contribution in [0.1, 0.15) is 29.5 Å². The first-order valence-electron chi connectivity index (χ1n) is 11.5. The molecular weight excluding hydrogens is 499 g/mol. The molecule has 2 aliphatic rings. The highest BCUT2D eigenvalue weighted by atomic mass is 32.2. The van der Waals surface area contributed by atoms with Crippen LogP contribution in [0.2, 0.25) is 0 Å². The van der Waals surface area contributed by atoms with Crippen molar-refractivity contribution in [2.24, 2.45) is 0 Å². The molecule has 2 aliphatic heterocycles. The average molecular weight is 526 g/mol. The van der Waals surface area contributed by atoms with E-state index >= 15 is 0 Å². The number of carboxylic acids is 1. The molecule has 2 aromatic rings. The van der Waals surface area contributed by atoms with Crippen molar-refractivity contribution in [2.45, 2.75) is 37.3 Å². The Labute approximate surface area is 207 Å². The van der Waals surface area contributed by atoms with Crippen molar-refractivity contribution in [1.82, 2.24) is 4.31 Å². The fraction of sp³-hybridized carbons (Fsp3) is 0.417. The molecule has 8 nitrogen and oxygen atoms in total. The Balaban J connectivity index is 1.46. The van der Waals surface area contributed by atoms with E-state index in [9.17, 15) is 31.2 Å². The van der Waals surface area contributed by atoms with Crippen LogP contribution >= 0.6 is 0 Å². The molecule has 0 unspecified atom stereocenters. The van der Waals surface area contributed by atoms with Gasteiger partial charge in [-0.3, -0.25) is 9.59 Å². The van der Waals surface area contributed by atoms with Gasteiger partial charge in [0, 0.05) is 50.5 Å². The number of aliphatic carboxylic acids is 1. The number of amides is 1. The molecule has 2 heterocycles. The van der Waals surface area contributed by atoms with E-state index in [1.807, 2.05) is 0 Å². The number of hydrogen-bond acceptors (Lipinski definition) is 5. The van der Waals surface area contributed by atoms with Crippen LogP contribution < -0.4 is 9.80 Å². The molecule has 0 aliphatic carbocycles. The zero-order valence-electron chi connectivity index (χ0n) is 19.6. The maximum atomic E-state index is 13.3. The fourth-order valence-corrected chi connectivity index (χ4v) is 6.06. The minimum absolute atomic E-state index is 0.0875. The predicted octanol–water partition coefficient (Wildman–Crippen LogP) is 3.28. The van der Waals surface area contributed by atoms with Crippen LogP contribution in [0.3, 0.4) is 0 Å². The number of benzene rings is 2. The minimum atomic E-state index is -4.46. The van der Waals surface area contributed by atoms with Gasteiger partial charge in [-0.25, -0.2) is 8.42 Å². The summed E-state index contributed by atoms with van der Waals surface area (Å²) in [6, 6.07) is 8.36. The second kappa shape index (κ2) is 9.74. The van der Waals surface area contributed by atoms with Crippen LogP contribution in [0.25, 0.3) is 0 Å². The number of alkyl halides is 3. The molecule has 0 atom stereocenters. The van der Waals surface area contributed by atoms with E-state index in [2.05, 4.69) is 0 Å². The van der Waals surface area contributed by atoms with E-state index in [0.29, 0.717) is 35.5 Å². The van der Waals surface area contributed by atoms with Crippen molar-refractivity contribution in [3.63, 3.8) is 0 Å².